The third-order valence-corrected chi connectivity index (χ3v) is 3.53. The van der Waals surface area contributed by atoms with Crippen molar-refractivity contribution in [1.82, 2.24) is 5.32 Å². The van der Waals surface area contributed by atoms with Gasteiger partial charge in [-0.2, -0.15) is 0 Å². The molecule has 0 bridgehead atoms. The summed E-state index contributed by atoms with van der Waals surface area (Å²) in [4.78, 5) is 22.1. The molecule has 0 radical (unpaired) electrons. The predicted octanol–water partition coefficient (Wildman–Crippen LogP) is 0.456. The topological polar surface area (TPSA) is 102 Å². The number of carbonyl (C=O) groups excluding carboxylic acids is 1. The summed E-state index contributed by atoms with van der Waals surface area (Å²) in [5.74, 6) is -0.0874. The number of nitrogens with one attached hydrogen (secondary N) is 1. The van der Waals surface area contributed by atoms with E-state index in [1.807, 2.05) is 24.3 Å². The van der Waals surface area contributed by atoms with Crippen LogP contribution in [0.15, 0.2) is 24.3 Å². The van der Waals surface area contributed by atoms with Crippen molar-refractivity contribution in [3.8, 4) is 5.75 Å². The van der Waals surface area contributed by atoms with Gasteiger partial charge in [0.05, 0.1) is 12.9 Å². The number of benzene rings is 1. The highest BCUT2D eigenvalue weighted by atomic mass is 32.2. The van der Waals surface area contributed by atoms with E-state index >= 15 is 0 Å². The van der Waals surface area contributed by atoms with Crippen LogP contribution in [-0.4, -0.2) is 41.6 Å². The lowest BCUT2D eigenvalue weighted by molar-refractivity contribution is -0.138. The zero-order valence-corrected chi connectivity index (χ0v) is 12.0. The molecule has 0 aliphatic rings. The maximum absolute atomic E-state index is 11.6. The summed E-state index contributed by atoms with van der Waals surface area (Å²) >= 11 is 1.20. The maximum atomic E-state index is 11.6. The highest BCUT2D eigenvalue weighted by molar-refractivity contribution is 8.00. The van der Waals surface area contributed by atoms with Gasteiger partial charge >= 0.3 is 5.97 Å². The number of nitrogens with two attached hydrogens (primary N) is 1. The van der Waals surface area contributed by atoms with Gasteiger partial charge in [-0.15, -0.1) is 11.8 Å². The lowest BCUT2D eigenvalue weighted by atomic mass is 10.2. The molecule has 0 aliphatic carbocycles. The minimum atomic E-state index is -1.06. The van der Waals surface area contributed by atoms with Crippen molar-refractivity contribution < 1.29 is 19.4 Å². The Morgan fingerprint density at radius 1 is 1.50 bits per heavy atom. The van der Waals surface area contributed by atoms with Crippen LogP contribution in [0.2, 0.25) is 0 Å². The lowest BCUT2D eigenvalue weighted by Gasteiger charge is -2.08. The Hall–Kier alpha value is -1.73. The van der Waals surface area contributed by atoms with Crippen LogP contribution in [0.1, 0.15) is 5.56 Å². The number of amides is 1. The number of methoxy groups -OCH3 is 1. The van der Waals surface area contributed by atoms with E-state index in [4.69, 9.17) is 15.6 Å². The number of carbonyl (C=O) groups is 2. The molecule has 0 heterocycles. The van der Waals surface area contributed by atoms with E-state index in [1.165, 1.54) is 11.8 Å². The van der Waals surface area contributed by atoms with Crippen LogP contribution in [0, 0.1) is 0 Å². The molecule has 0 saturated carbocycles. The van der Waals surface area contributed by atoms with E-state index in [9.17, 15) is 9.59 Å². The predicted molar refractivity (Wildman–Crippen MR) is 77.8 cm³/mol. The van der Waals surface area contributed by atoms with Crippen molar-refractivity contribution in [2.45, 2.75) is 12.6 Å². The van der Waals surface area contributed by atoms with Crippen LogP contribution in [0.25, 0.3) is 0 Å². The number of carboxylic acids is 1. The van der Waals surface area contributed by atoms with Gasteiger partial charge in [0.25, 0.3) is 0 Å². The van der Waals surface area contributed by atoms with Crippen LogP contribution in [0.3, 0.4) is 0 Å². The number of carboxylic acid groups (broad SMARTS) is 1. The van der Waals surface area contributed by atoms with Gasteiger partial charge in [-0.1, -0.05) is 12.1 Å². The number of hydrogen-bond donors (Lipinski definition) is 3. The second-order valence-electron chi connectivity index (χ2n) is 4.09. The summed E-state index contributed by atoms with van der Waals surface area (Å²) in [7, 11) is 1.58. The molecule has 4 N–H and O–H groups in total. The van der Waals surface area contributed by atoms with Crippen LogP contribution in [0.4, 0.5) is 0 Å². The fourth-order valence-corrected chi connectivity index (χ4v) is 2.19. The fraction of sp³-hybridized carbons (Fsp3) is 0.385. The highest BCUT2D eigenvalue weighted by Crippen LogP contribution is 2.12. The lowest BCUT2D eigenvalue weighted by Crippen LogP contribution is -2.33. The molecule has 1 rings (SSSR count). The first-order valence-corrected chi connectivity index (χ1v) is 7.14. The molecule has 6 nitrogen and oxygen atoms in total. The third kappa shape index (κ3) is 5.94. The van der Waals surface area contributed by atoms with Gasteiger partial charge < -0.3 is 20.9 Å². The molecule has 1 aromatic carbocycles. The summed E-state index contributed by atoms with van der Waals surface area (Å²) in [6.45, 7) is 0.404. The maximum Gasteiger partial charge on any atom is 0.321 e. The van der Waals surface area contributed by atoms with Gasteiger partial charge in [0, 0.05) is 12.3 Å². The van der Waals surface area contributed by atoms with Crippen LogP contribution in [-0.2, 0) is 16.1 Å². The number of rotatable bonds is 8. The van der Waals surface area contributed by atoms with E-state index in [1.54, 1.807) is 7.11 Å². The summed E-state index contributed by atoms with van der Waals surface area (Å²) in [6.07, 6.45) is 0. The van der Waals surface area contributed by atoms with E-state index in [2.05, 4.69) is 5.32 Å². The fourth-order valence-electron chi connectivity index (χ4n) is 1.38. The SMILES string of the molecule is COc1cccc(CNC(=O)CSC[C@@H](N)C(=O)O)c1. The Balaban J connectivity index is 2.27. The third-order valence-electron chi connectivity index (χ3n) is 2.47. The van der Waals surface area contributed by atoms with E-state index in [0.29, 0.717) is 6.54 Å². The second-order valence-corrected chi connectivity index (χ2v) is 5.12. The Bertz CT molecular complexity index is 467. The number of aliphatic carboxylic acids is 1. The average Bonchev–Trinajstić information content (AvgIpc) is 2.45. The van der Waals surface area contributed by atoms with Gasteiger partial charge in [0.15, 0.2) is 0 Å². The molecule has 1 aromatic rings. The molecule has 20 heavy (non-hydrogen) atoms. The van der Waals surface area contributed by atoms with Gasteiger partial charge in [0.1, 0.15) is 11.8 Å². The smallest absolute Gasteiger partial charge is 0.321 e. The van der Waals surface area contributed by atoms with Gasteiger partial charge in [0.2, 0.25) is 5.91 Å². The van der Waals surface area contributed by atoms with Gasteiger partial charge in [-0.25, -0.2) is 0 Å². The van der Waals surface area contributed by atoms with Crippen molar-refractivity contribution in [3.63, 3.8) is 0 Å². The summed E-state index contributed by atoms with van der Waals surface area (Å²) in [5.41, 5.74) is 6.27. The van der Waals surface area contributed by atoms with Crippen molar-refractivity contribution in [1.29, 1.82) is 0 Å². The molecule has 0 unspecified atom stereocenters. The Kier molecular flexibility index (Phi) is 6.89. The van der Waals surface area contributed by atoms with Crippen molar-refractivity contribution in [2.75, 3.05) is 18.6 Å². The molecular formula is C13H18N2O4S. The molecule has 0 saturated heterocycles. The summed E-state index contributed by atoms with van der Waals surface area (Å²) < 4.78 is 5.09. The van der Waals surface area contributed by atoms with Crippen LogP contribution < -0.4 is 15.8 Å². The average molecular weight is 298 g/mol. The Labute approximate surface area is 121 Å². The summed E-state index contributed by atoms with van der Waals surface area (Å²) in [5, 5.41) is 11.3. The highest BCUT2D eigenvalue weighted by Gasteiger charge is 2.12. The molecule has 0 aliphatic heterocycles. The molecule has 1 amide bonds. The Morgan fingerprint density at radius 3 is 2.90 bits per heavy atom. The van der Waals surface area contributed by atoms with Crippen molar-refractivity contribution in [3.05, 3.63) is 29.8 Å². The first kappa shape index (κ1) is 16.3. The molecule has 110 valence electrons. The van der Waals surface area contributed by atoms with Crippen LogP contribution >= 0.6 is 11.8 Å². The zero-order valence-electron chi connectivity index (χ0n) is 11.2. The normalized spacial score (nSPS) is 11.7. The van der Waals surface area contributed by atoms with E-state index < -0.39 is 12.0 Å². The Morgan fingerprint density at radius 2 is 2.25 bits per heavy atom. The van der Waals surface area contributed by atoms with E-state index in [0.717, 1.165) is 11.3 Å². The van der Waals surface area contributed by atoms with Crippen molar-refractivity contribution in [2.24, 2.45) is 5.73 Å². The minimum Gasteiger partial charge on any atom is -0.497 e. The quantitative estimate of drug-likeness (QED) is 0.644. The van der Waals surface area contributed by atoms with E-state index in [-0.39, 0.29) is 17.4 Å². The summed E-state index contributed by atoms with van der Waals surface area (Å²) in [6, 6.07) is 6.46. The first-order chi connectivity index (χ1) is 9.52. The standard InChI is InChI=1S/C13H18N2O4S/c1-19-10-4-2-3-9(5-10)6-15-12(16)8-20-7-11(14)13(17)18/h2-5,11H,6-8,14H2,1H3,(H,15,16)(H,17,18)/t11-/m1/s1. The minimum absolute atomic E-state index is 0.157. The monoisotopic (exact) mass is 298 g/mol. The largest absolute Gasteiger partial charge is 0.497 e. The molecule has 7 heteroatoms. The van der Waals surface area contributed by atoms with Crippen LogP contribution in [0.5, 0.6) is 5.75 Å². The molecule has 0 spiro atoms. The van der Waals surface area contributed by atoms with Gasteiger partial charge in [-0.3, -0.25) is 9.59 Å². The molecule has 1 atom stereocenters. The molecule has 0 fully saturated rings. The van der Waals surface area contributed by atoms with Gasteiger partial charge in [-0.05, 0) is 17.7 Å². The molecule has 0 aromatic heterocycles. The second kappa shape index (κ2) is 8.44. The number of hydrogen-bond acceptors (Lipinski definition) is 5. The molecular weight excluding hydrogens is 280 g/mol. The zero-order chi connectivity index (χ0) is 15.0. The number of thioether (sulfide) groups is 1. The first-order valence-electron chi connectivity index (χ1n) is 5.98. The van der Waals surface area contributed by atoms with Crippen molar-refractivity contribution >= 4 is 23.6 Å². The number of ether oxygens (including phenoxy) is 1.